The Kier molecular flexibility index (Phi) is 8.31. The smallest absolute Gasteiger partial charge is 0.306 e. The minimum atomic E-state index is -3.43. The fourth-order valence-corrected chi connectivity index (χ4v) is 4.91. The maximum absolute atomic E-state index is 12.7. The minimum absolute atomic E-state index is 0.165. The maximum atomic E-state index is 12.7. The Bertz CT molecular complexity index is 935. The Morgan fingerprint density at radius 1 is 0.903 bits per heavy atom. The Labute approximate surface area is 184 Å². The molecule has 168 valence electrons. The number of carbonyl (C=O) groups is 1. The van der Waals surface area contributed by atoms with Crippen molar-refractivity contribution in [3.63, 3.8) is 0 Å². The van der Waals surface area contributed by atoms with Crippen LogP contribution in [0, 0.1) is 0 Å². The standard InChI is InChI=1S/C23H29NO6S/c1-28-20-8-10-21(11-9-20)29-17-18-30-23(25)14-7-19-5-12-22(13-6-19)31(26,27)24-15-3-2-4-16-24/h5-6,8-13H,2-4,7,14-18H2,1H3. The molecular weight excluding hydrogens is 418 g/mol. The molecule has 0 bridgehead atoms. The Balaban J connectivity index is 1.38. The molecule has 0 aliphatic carbocycles. The van der Waals surface area contributed by atoms with Crippen LogP contribution in [0.2, 0.25) is 0 Å². The monoisotopic (exact) mass is 447 g/mol. The first-order chi connectivity index (χ1) is 15.0. The van der Waals surface area contributed by atoms with Crippen molar-refractivity contribution in [2.75, 3.05) is 33.4 Å². The molecule has 31 heavy (non-hydrogen) atoms. The number of esters is 1. The third kappa shape index (κ3) is 6.70. The first-order valence-corrected chi connectivity index (χ1v) is 11.9. The van der Waals surface area contributed by atoms with Gasteiger partial charge in [-0.1, -0.05) is 18.6 Å². The summed E-state index contributed by atoms with van der Waals surface area (Å²) in [7, 11) is -1.83. The Hall–Kier alpha value is -2.58. The predicted molar refractivity (Wildman–Crippen MR) is 117 cm³/mol. The molecule has 0 amide bonds. The van der Waals surface area contributed by atoms with Gasteiger partial charge in [-0.05, 0) is 61.2 Å². The lowest BCUT2D eigenvalue weighted by Gasteiger charge is -2.25. The molecule has 0 unspecified atom stereocenters. The van der Waals surface area contributed by atoms with Crippen LogP contribution in [0.3, 0.4) is 0 Å². The van der Waals surface area contributed by atoms with Gasteiger partial charge in [0.2, 0.25) is 10.0 Å². The largest absolute Gasteiger partial charge is 0.497 e. The first kappa shape index (κ1) is 23.1. The van der Waals surface area contributed by atoms with Gasteiger partial charge in [-0.15, -0.1) is 0 Å². The molecule has 1 aliphatic rings. The summed E-state index contributed by atoms with van der Waals surface area (Å²) in [4.78, 5) is 12.2. The molecular formula is C23H29NO6S. The van der Waals surface area contributed by atoms with Crippen LogP contribution < -0.4 is 9.47 Å². The number of hydrogen-bond acceptors (Lipinski definition) is 6. The molecule has 2 aromatic rings. The zero-order valence-electron chi connectivity index (χ0n) is 17.8. The molecule has 2 aromatic carbocycles. The molecule has 0 atom stereocenters. The summed E-state index contributed by atoms with van der Waals surface area (Å²) < 4.78 is 42.7. The van der Waals surface area contributed by atoms with Crippen LogP contribution in [-0.4, -0.2) is 52.1 Å². The number of sulfonamides is 1. The summed E-state index contributed by atoms with van der Waals surface area (Å²) >= 11 is 0. The van der Waals surface area contributed by atoms with E-state index < -0.39 is 10.0 Å². The van der Waals surface area contributed by atoms with E-state index >= 15 is 0 Å². The zero-order chi connectivity index (χ0) is 22.1. The molecule has 1 fully saturated rings. The van der Waals surface area contributed by atoms with Gasteiger partial charge in [0.25, 0.3) is 0 Å². The van der Waals surface area contributed by atoms with E-state index in [2.05, 4.69) is 0 Å². The van der Waals surface area contributed by atoms with Crippen molar-refractivity contribution in [1.82, 2.24) is 4.31 Å². The number of aryl methyl sites for hydroxylation is 1. The average Bonchev–Trinajstić information content (AvgIpc) is 2.81. The fourth-order valence-electron chi connectivity index (χ4n) is 3.39. The second kappa shape index (κ2) is 11.2. The third-order valence-electron chi connectivity index (χ3n) is 5.17. The molecule has 8 heteroatoms. The third-order valence-corrected chi connectivity index (χ3v) is 7.08. The SMILES string of the molecule is COc1ccc(OCCOC(=O)CCc2ccc(S(=O)(=O)N3CCCCC3)cc2)cc1. The number of rotatable bonds is 10. The summed E-state index contributed by atoms with van der Waals surface area (Å²) in [5, 5.41) is 0. The van der Waals surface area contributed by atoms with E-state index in [0.717, 1.165) is 30.6 Å². The van der Waals surface area contributed by atoms with Gasteiger partial charge in [0.05, 0.1) is 12.0 Å². The number of nitrogens with zero attached hydrogens (tertiary/aromatic N) is 1. The van der Waals surface area contributed by atoms with Crippen molar-refractivity contribution in [1.29, 1.82) is 0 Å². The number of benzene rings is 2. The van der Waals surface area contributed by atoms with Crippen molar-refractivity contribution in [2.45, 2.75) is 37.0 Å². The minimum Gasteiger partial charge on any atom is -0.497 e. The predicted octanol–water partition coefficient (Wildman–Crippen LogP) is 3.42. The van der Waals surface area contributed by atoms with Gasteiger partial charge in [-0.2, -0.15) is 4.31 Å². The molecule has 3 rings (SSSR count). The highest BCUT2D eigenvalue weighted by Gasteiger charge is 2.25. The van der Waals surface area contributed by atoms with Crippen molar-refractivity contribution in [2.24, 2.45) is 0 Å². The van der Waals surface area contributed by atoms with E-state index in [1.165, 1.54) is 0 Å². The summed E-state index contributed by atoms with van der Waals surface area (Å²) in [6, 6.07) is 13.9. The van der Waals surface area contributed by atoms with Gasteiger partial charge >= 0.3 is 5.97 Å². The summed E-state index contributed by atoms with van der Waals surface area (Å²) in [6.45, 7) is 1.59. The van der Waals surface area contributed by atoms with Gasteiger partial charge in [0.15, 0.2) is 0 Å². The van der Waals surface area contributed by atoms with Gasteiger partial charge in [0.1, 0.15) is 24.7 Å². The molecule has 1 saturated heterocycles. The highest BCUT2D eigenvalue weighted by Crippen LogP contribution is 2.21. The topological polar surface area (TPSA) is 82.1 Å². The molecule has 0 N–H and O–H groups in total. The van der Waals surface area contributed by atoms with Crippen LogP contribution in [-0.2, 0) is 26.0 Å². The van der Waals surface area contributed by atoms with Crippen LogP contribution in [0.15, 0.2) is 53.4 Å². The normalized spacial score (nSPS) is 14.7. The second-order valence-electron chi connectivity index (χ2n) is 7.35. The van der Waals surface area contributed by atoms with Crippen LogP contribution in [0.5, 0.6) is 11.5 Å². The number of hydrogen-bond donors (Lipinski definition) is 0. The molecule has 0 spiro atoms. The molecule has 0 radical (unpaired) electrons. The van der Waals surface area contributed by atoms with Crippen molar-refractivity contribution in [3.8, 4) is 11.5 Å². The maximum Gasteiger partial charge on any atom is 0.306 e. The van der Waals surface area contributed by atoms with Gasteiger partial charge < -0.3 is 14.2 Å². The van der Waals surface area contributed by atoms with E-state index in [1.807, 2.05) is 0 Å². The van der Waals surface area contributed by atoms with Crippen LogP contribution >= 0.6 is 0 Å². The number of methoxy groups -OCH3 is 1. The summed E-state index contributed by atoms with van der Waals surface area (Å²) in [5.74, 6) is 1.11. The van der Waals surface area contributed by atoms with E-state index in [0.29, 0.717) is 30.2 Å². The highest BCUT2D eigenvalue weighted by atomic mass is 32.2. The van der Waals surface area contributed by atoms with E-state index in [4.69, 9.17) is 14.2 Å². The second-order valence-corrected chi connectivity index (χ2v) is 9.29. The van der Waals surface area contributed by atoms with Gasteiger partial charge in [-0.3, -0.25) is 4.79 Å². The van der Waals surface area contributed by atoms with E-state index in [-0.39, 0.29) is 25.6 Å². The van der Waals surface area contributed by atoms with E-state index in [1.54, 1.807) is 59.9 Å². The molecule has 0 saturated carbocycles. The number of ether oxygens (including phenoxy) is 3. The molecule has 1 heterocycles. The van der Waals surface area contributed by atoms with E-state index in [9.17, 15) is 13.2 Å². The molecule has 1 aliphatic heterocycles. The van der Waals surface area contributed by atoms with Crippen LogP contribution in [0.25, 0.3) is 0 Å². The van der Waals surface area contributed by atoms with Crippen molar-refractivity contribution >= 4 is 16.0 Å². The Morgan fingerprint density at radius 2 is 1.55 bits per heavy atom. The molecule has 0 aromatic heterocycles. The Morgan fingerprint density at radius 3 is 2.19 bits per heavy atom. The fraction of sp³-hybridized carbons (Fsp3) is 0.435. The summed E-state index contributed by atoms with van der Waals surface area (Å²) in [5.41, 5.74) is 0.893. The highest BCUT2D eigenvalue weighted by molar-refractivity contribution is 7.89. The lowest BCUT2D eigenvalue weighted by molar-refractivity contribution is -0.144. The lowest BCUT2D eigenvalue weighted by Crippen LogP contribution is -2.35. The molecule has 7 nitrogen and oxygen atoms in total. The zero-order valence-corrected chi connectivity index (χ0v) is 18.6. The lowest BCUT2D eigenvalue weighted by atomic mass is 10.1. The van der Waals surface area contributed by atoms with Crippen LogP contribution in [0.1, 0.15) is 31.2 Å². The summed E-state index contributed by atoms with van der Waals surface area (Å²) in [6.07, 6.45) is 3.60. The average molecular weight is 448 g/mol. The van der Waals surface area contributed by atoms with Crippen molar-refractivity contribution < 1.29 is 27.4 Å². The van der Waals surface area contributed by atoms with Crippen molar-refractivity contribution in [3.05, 3.63) is 54.1 Å². The quantitative estimate of drug-likeness (QED) is 0.410. The first-order valence-electron chi connectivity index (χ1n) is 10.5. The number of carbonyl (C=O) groups excluding carboxylic acids is 1. The van der Waals surface area contributed by atoms with Gasteiger partial charge in [0, 0.05) is 19.5 Å². The van der Waals surface area contributed by atoms with Gasteiger partial charge in [-0.25, -0.2) is 8.42 Å². The number of piperidine rings is 1. The van der Waals surface area contributed by atoms with Crippen LogP contribution in [0.4, 0.5) is 0 Å².